The van der Waals surface area contributed by atoms with Crippen molar-refractivity contribution in [3.05, 3.63) is 181 Å². The van der Waals surface area contributed by atoms with E-state index >= 15 is 0 Å². The van der Waals surface area contributed by atoms with Gasteiger partial charge < -0.3 is 9.80 Å². The molecule has 0 radical (unpaired) electrons. The Morgan fingerprint density at radius 3 is 0.957 bits per heavy atom. The number of aryl methyl sites for hydroxylation is 2. The fraction of sp³-hybridized carbons (Fsp3) is 0.0455. The zero-order valence-corrected chi connectivity index (χ0v) is 26.1. The zero-order valence-electron chi connectivity index (χ0n) is 26.1. The van der Waals surface area contributed by atoms with Crippen molar-refractivity contribution in [1.29, 1.82) is 0 Å². The Balaban J connectivity index is 1.46. The second kappa shape index (κ2) is 11.6. The molecule has 0 heterocycles. The number of benzene rings is 8. The van der Waals surface area contributed by atoms with Gasteiger partial charge in [0.05, 0.1) is 11.4 Å². The summed E-state index contributed by atoms with van der Waals surface area (Å²) in [5, 5.41) is 7.35. The number of hydrogen-bond donors (Lipinski definition) is 0. The molecule has 0 atom stereocenters. The van der Waals surface area contributed by atoms with E-state index in [2.05, 4.69) is 194 Å². The predicted molar refractivity (Wildman–Crippen MR) is 198 cm³/mol. The van der Waals surface area contributed by atoms with Crippen molar-refractivity contribution in [1.82, 2.24) is 0 Å². The second-order valence-corrected chi connectivity index (χ2v) is 12.0. The molecule has 0 bridgehead atoms. The van der Waals surface area contributed by atoms with E-state index < -0.39 is 0 Å². The molecule has 0 aliphatic carbocycles. The minimum Gasteiger partial charge on any atom is -0.310 e. The highest BCUT2D eigenvalue weighted by atomic mass is 15.1. The molecule has 0 saturated carbocycles. The molecule has 0 amide bonds. The third-order valence-corrected chi connectivity index (χ3v) is 8.93. The van der Waals surface area contributed by atoms with Gasteiger partial charge in [-0.1, -0.05) is 120 Å². The molecule has 0 fully saturated rings. The van der Waals surface area contributed by atoms with Crippen LogP contribution in [0.1, 0.15) is 11.1 Å². The van der Waals surface area contributed by atoms with Crippen molar-refractivity contribution in [2.45, 2.75) is 13.8 Å². The van der Waals surface area contributed by atoms with Gasteiger partial charge in [0.2, 0.25) is 0 Å². The van der Waals surface area contributed by atoms with Gasteiger partial charge in [0.15, 0.2) is 0 Å². The molecule has 0 aromatic heterocycles. The SMILES string of the molecule is Cc1ccc(N(c2ccccc2)c2cc3c4ccccc4c(N(c4ccccc4)c4ccc(C)cc4)cc3c3ccccc23)cc1. The highest BCUT2D eigenvalue weighted by Crippen LogP contribution is 2.47. The van der Waals surface area contributed by atoms with Gasteiger partial charge in [-0.3, -0.25) is 0 Å². The summed E-state index contributed by atoms with van der Waals surface area (Å²) >= 11 is 0. The first-order valence-corrected chi connectivity index (χ1v) is 15.9. The lowest BCUT2D eigenvalue weighted by molar-refractivity contribution is 1.29. The molecule has 0 spiro atoms. The molecule has 0 aliphatic heterocycles. The van der Waals surface area contributed by atoms with E-state index in [9.17, 15) is 0 Å². The maximum atomic E-state index is 2.40. The molecule has 2 heteroatoms. The van der Waals surface area contributed by atoms with E-state index in [4.69, 9.17) is 0 Å². The van der Waals surface area contributed by atoms with Crippen LogP contribution in [0, 0.1) is 13.8 Å². The molecule has 0 saturated heterocycles. The van der Waals surface area contributed by atoms with E-state index in [1.807, 2.05) is 0 Å². The summed E-state index contributed by atoms with van der Waals surface area (Å²) in [6.45, 7) is 4.28. The van der Waals surface area contributed by atoms with Crippen LogP contribution in [-0.2, 0) is 0 Å². The summed E-state index contributed by atoms with van der Waals surface area (Å²) in [7, 11) is 0. The molecule has 0 aliphatic rings. The standard InChI is InChI=1S/C44H34N2/c1-31-21-25-35(26-22-31)45(33-13-5-3-6-14-33)43-29-41-38-18-10-12-20-40(38)44(30-42(41)37-17-9-11-19-39(37)43)46(34-15-7-4-8-16-34)36-27-23-32(2)24-28-36/h3-30H,1-2H3. The van der Waals surface area contributed by atoms with Gasteiger partial charge in [0.25, 0.3) is 0 Å². The van der Waals surface area contributed by atoms with Crippen LogP contribution in [0.3, 0.4) is 0 Å². The number of fused-ring (bicyclic) bond motifs is 5. The van der Waals surface area contributed by atoms with Crippen LogP contribution in [-0.4, -0.2) is 0 Å². The average molecular weight is 591 g/mol. The van der Waals surface area contributed by atoms with Gasteiger partial charge in [0.1, 0.15) is 0 Å². The van der Waals surface area contributed by atoms with E-state index in [-0.39, 0.29) is 0 Å². The molecule has 8 aromatic rings. The fourth-order valence-electron chi connectivity index (χ4n) is 6.68. The number of rotatable bonds is 6. The monoisotopic (exact) mass is 590 g/mol. The van der Waals surface area contributed by atoms with E-state index in [1.165, 1.54) is 43.4 Å². The summed E-state index contributed by atoms with van der Waals surface area (Å²) < 4.78 is 0. The lowest BCUT2D eigenvalue weighted by atomic mass is 9.93. The summed E-state index contributed by atoms with van der Waals surface area (Å²) in [6.07, 6.45) is 0. The smallest absolute Gasteiger partial charge is 0.0546 e. The first kappa shape index (κ1) is 27.7. The largest absolute Gasteiger partial charge is 0.310 e. The van der Waals surface area contributed by atoms with Crippen LogP contribution in [0.2, 0.25) is 0 Å². The van der Waals surface area contributed by atoms with Gasteiger partial charge in [-0.25, -0.2) is 0 Å². The Hall–Kier alpha value is -5.86. The van der Waals surface area contributed by atoms with Gasteiger partial charge in [-0.05, 0) is 96.1 Å². The third-order valence-electron chi connectivity index (χ3n) is 8.93. The first-order valence-electron chi connectivity index (χ1n) is 15.9. The van der Waals surface area contributed by atoms with Crippen LogP contribution < -0.4 is 9.80 Å². The van der Waals surface area contributed by atoms with E-state index in [0.29, 0.717) is 0 Å². The number of hydrogen-bond acceptors (Lipinski definition) is 2. The molecular formula is C44H34N2. The average Bonchev–Trinajstić information content (AvgIpc) is 3.11. The van der Waals surface area contributed by atoms with Gasteiger partial charge >= 0.3 is 0 Å². The van der Waals surface area contributed by atoms with Crippen molar-refractivity contribution >= 4 is 66.4 Å². The molecule has 2 nitrogen and oxygen atoms in total. The topological polar surface area (TPSA) is 6.48 Å². The Labute approximate surface area is 270 Å². The third kappa shape index (κ3) is 4.85. The van der Waals surface area contributed by atoms with Gasteiger partial charge in [-0.2, -0.15) is 0 Å². The lowest BCUT2D eigenvalue weighted by Gasteiger charge is -2.30. The Bertz CT molecular complexity index is 2140. The minimum absolute atomic E-state index is 1.13. The summed E-state index contributed by atoms with van der Waals surface area (Å²) in [4.78, 5) is 4.79. The van der Waals surface area contributed by atoms with Gasteiger partial charge in [0, 0.05) is 33.5 Å². The summed E-state index contributed by atoms with van der Waals surface area (Å²) in [5.41, 5.74) is 9.35. The second-order valence-electron chi connectivity index (χ2n) is 12.0. The van der Waals surface area contributed by atoms with Crippen molar-refractivity contribution < 1.29 is 0 Å². The highest BCUT2D eigenvalue weighted by Gasteiger charge is 2.21. The van der Waals surface area contributed by atoms with Crippen molar-refractivity contribution in [2.24, 2.45) is 0 Å². The van der Waals surface area contributed by atoms with E-state index in [0.717, 1.165) is 34.1 Å². The molecule has 0 N–H and O–H groups in total. The lowest BCUT2D eigenvalue weighted by Crippen LogP contribution is -2.11. The van der Waals surface area contributed by atoms with E-state index in [1.54, 1.807) is 0 Å². The Morgan fingerprint density at radius 1 is 0.283 bits per heavy atom. The molecule has 220 valence electrons. The van der Waals surface area contributed by atoms with Crippen LogP contribution in [0.4, 0.5) is 34.1 Å². The predicted octanol–water partition coefficient (Wildman–Crippen LogP) is 12.7. The maximum Gasteiger partial charge on any atom is 0.0546 e. The van der Waals surface area contributed by atoms with Crippen LogP contribution in [0.25, 0.3) is 32.3 Å². The first-order chi connectivity index (χ1) is 22.7. The van der Waals surface area contributed by atoms with Crippen molar-refractivity contribution in [3.8, 4) is 0 Å². The zero-order chi connectivity index (χ0) is 31.0. The fourth-order valence-corrected chi connectivity index (χ4v) is 6.68. The Kier molecular flexibility index (Phi) is 6.96. The van der Waals surface area contributed by atoms with Crippen LogP contribution in [0.15, 0.2) is 170 Å². The molecule has 8 aromatic carbocycles. The van der Waals surface area contributed by atoms with Crippen LogP contribution >= 0.6 is 0 Å². The number of nitrogens with zero attached hydrogens (tertiary/aromatic N) is 2. The number of anilines is 6. The highest BCUT2D eigenvalue weighted by molar-refractivity contribution is 6.24. The van der Waals surface area contributed by atoms with Gasteiger partial charge in [-0.15, -0.1) is 0 Å². The number of para-hydroxylation sites is 2. The quantitative estimate of drug-likeness (QED) is 0.178. The maximum absolute atomic E-state index is 2.40. The molecule has 46 heavy (non-hydrogen) atoms. The minimum atomic E-state index is 1.13. The molecule has 8 rings (SSSR count). The molecule has 0 unspecified atom stereocenters. The van der Waals surface area contributed by atoms with Crippen molar-refractivity contribution in [3.63, 3.8) is 0 Å². The molecular weight excluding hydrogens is 556 g/mol. The summed E-state index contributed by atoms with van der Waals surface area (Å²) in [5.74, 6) is 0. The normalized spacial score (nSPS) is 11.3. The van der Waals surface area contributed by atoms with Crippen molar-refractivity contribution in [2.75, 3.05) is 9.80 Å². The Morgan fingerprint density at radius 2 is 0.587 bits per heavy atom. The summed E-state index contributed by atoms with van der Waals surface area (Å²) in [6, 6.07) is 61.6. The van der Waals surface area contributed by atoms with Crippen LogP contribution in [0.5, 0.6) is 0 Å².